The second kappa shape index (κ2) is 11.6. The lowest BCUT2D eigenvalue weighted by atomic mass is 10.0. The maximum absolute atomic E-state index is 14.4. The Morgan fingerprint density at radius 1 is 0.833 bits per heavy atom. The van der Waals surface area contributed by atoms with Gasteiger partial charge in [0.2, 0.25) is 0 Å². The summed E-state index contributed by atoms with van der Waals surface area (Å²) in [5, 5.41) is 0. The molecule has 3 aromatic carbocycles. The first kappa shape index (κ1) is 27.3. The lowest BCUT2D eigenvalue weighted by molar-refractivity contribution is -0.165. The number of alkyl halides is 3. The number of aliphatic imine (C=N–C) groups is 1. The van der Waals surface area contributed by atoms with E-state index >= 15 is 0 Å². The Hall–Kier alpha value is -3.30. The number of halogens is 3. The Balaban J connectivity index is 2.18. The van der Waals surface area contributed by atoms with Crippen molar-refractivity contribution in [3.05, 3.63) is 102 Å². The molecule has 3 atom stereocenters. The van der Waals surface area contributed by atoms with Crippen LogP contribution in [0.2, 0.25) is 0 Å². The summed E-state index contributed by atoms with van der Waals surface area (Å²) in [6.07, 6.45) is -4.97. The number of hydrogen-bond donors (Lipinski definition) is 1. The van der Waals surface area contributed by atoms with E-state index < -0.39 is 40.0 Å². The molecule has 0 aliphatic carbocycles. The Morgan fingerprint density at radius 3 is 1.69 bits per heavy atom. The number of carbonyl (C=O) groups excluding carboxylic acids is 1. The van der Waals surface area contributed by atoms with E-state index in [-0.39, 0.29) is 11.5 Å². The van der Waals surface area contributed by atoms with Crippen LogP contribution in [-0.2, 0) is 15.8 Å². The molecule has 0 radical (unpaired) electrons. The zero-order valence-electron chi connectivity index (χ0n) is 20.0. The lowest BCUT2D eigenvalue weighted by Gasteiger charge is -2.29. The highest BCUT2D eigenvalue weighted by Gasteiger charge is 2.50. The van der Waals surface area contributed by atoms with Crippen LogP contribution in [0.1, 0.15) is 31.9 Å². The van der Waals surface area contributed by atoms with Crippen molar-refractivity contribution in [2.75, 3.05) is 0 Å². The van der Waals surface area contributed by atoms with Gasteiger partial charge in [-0.05, 0) is 32.9 Å². The van der Waals surface area contributed by atoms with Crippen LogP contribution < -0.4 is 9.46 Å². The minimum absolute atomic E-state index is 0.0709. The molecule has 0 saturated carbocycles. The van der Waals surface area contributed by atoms with Gasteiger partial charge in [-0.2, -0.15) is 13.2 Å². The highest BCUT2D eigenvalue weighted by molar-refractivity contribution is 7.84. The molecule has 3 rings (SSSR count). The van der Waals surface area contributed by atoms with Crippen molar-refractivity contribution in [2.45, 2.75) is 43.8 Å². The average molecular weight is 517 g/mol. The molecule has 0 fully saturated rings. The summed E-state index contributed by atoms with van der Waals surface area (Å²) in [7, 11) is -2.15. The van der Waals surface area contributed by atoms with Gasteiger partial charge >= 0.3 is 12.1 Å². The molecule has 190 valence electrons. The predicted molar refractivity (Wildman–Crippen MR) is 135 cm³/mol. The largest absolute Gasteiger partial charge is 0.425 e. The predicted octanol–water partition coefficient (Wildman–Crippen LogP) is 5.48. The van der Waals surface area contributed by atoms with Gasteiger partial charge in [0.25, 0.3) is 0 Å². The van der Waals surface area contributed by atoms with Crippen molar-refractivity contribution in [3.63, 3.8) is 0 Å². The summed E-state index contributed by atoms with van der Waals surface area (Å²) in [5.74, 6) is -1.16. The maximum Gasteiger partial charge on any atom is 0.407 e. The Labute approximate surface area is 211 Å². The van der Waals surface area contributed by atoms with Crippen LogP contribution in [0, 0.1) is 0 Å². The van der Waals surface area contributed by atoms with E-state index in [2.05, 4.69) is 9.71 Å². The summed E-state index contributed by atoms with van der Waals surface area (Å²) >= 11 is 0. The highest BCUT2D eigenvalue weighted by atomic mass is 32.2. The van der Waals surface area contributed by atoms with Gasteiger partial charge in [-0.1, -0.05) is 78.9 Å². The molecule has 5 nitrogen and oxygen atoms in total. The van der Waals surface area contributed by atoms with Gasteiger partial charge in [-0.15, -0.1) is 0 Å². The molecule has 0 bridgehead atoms. The normalized spacial score (nSPS) is 14.4. The van der Waals surface area contributed by atoms with Crippen LogP contribution in [0.4, 0.5) is 13.2 Å². The summed E-state index contributed by atoms with van der Waals surface area (Å²) < 4.78 is 62.3. The Morgan fingerprint density at radius 2 is 1.28 bits per heavy atom. The fraction of sp³-hybridized carbons (Fsp3) is 0.259. The summed E-state index contributed by atoms with van der Waals surface area (Å²) in [4.78, 5) is 17.6. The van der Waals surface area contributed by atoms with Gasteiger partial charge < -0.3 is 4.74 Å². The van der Waals surface area contributed by atoms with Crippen LogP contribution in [0.5, 0.6) is 5.75 Å². The van der Waals surface area contributed by atoms with Crippen LogP contribution >= 0.6 is 0 Å². The zero-order chi connectivity index (χ0) is 26.3. The summed E-state index contributed by atoms with van der Waals surface area (Å²) in [6.45, 7) is 4.59. The van der Waals surface area contributed by atoms with Crippen LogP contribution in [0.15, 0.2) is 96.0 Å². The third-order valence-electron chi connectivity index (χ3n) is 5.02. The molecule has 0 spiro atoms. The summed E-state index contributed by atoms with van der Waals surface area (Å²) in [6, 6.07) is 20.3. The van der Waals surface area contributed by atoms with Crippen LogP contribution in [-0.4, -0.2) is 38.9 Å². The van der Waals surface area contributed by atoms with Gasteiger partial charge in [-0.25, -0.2) is 13.7 Å². The molecule has 0 saturated heterocycles. The zero-order valence-corrected chi connectivity index (χ0v) is 20.8. The first-order chi connectivity index (χ1) is 17.0. The van der Waals surface area contributed by atoms with Crippen LogP contribution in [0.25, 0.3) is 0 Å². The first-order valence-corrected chi connectivity index (χ1v) is 12.3. The maximum atomic E-state index is 14.4. The van der Waals surface area contributed by atoms with E-state index in [0.29, 0.717) is 11.1 Å². The Bertz CT molecular complexity index is 1150. The molecule has 0 aliphatic heterocycles. The fourth-order valence-electron chi connectivity index (χ4n) is 3.18. The van der Waals surface area contributed by atoms with Gasteiger partial charge in [0, 0.05) is 11.1 Å². The van der Waals surface area contributed by atoms with Crippen molar-refractivity contribution >= 4 is 22.7 Å². The van der Waals surface area contributed by atoms with Crippen molar-refractivity contribution in [1.29, 1.82) is 0 Å². The second-order valence-electron chi connectivity index (χ2n) is 8.91. The highest BCUT2D eigenvalue weighted by Crippen LogP contribution is 2.28. The molecular weight excluding hydrogens is 489 g/mol. The monoisotopic (exact) mass is 516 g/mol. The number of hydrogen-bond acceptors (Lipinski definition) is 4. The quantitative estimate of drug-likeness (QED) is 0.245. The number of para-hydroxylation sites is 1. The molecule has 0 aromatic heterocycles. The standard InChI is InChI=1S/C27H27F3N2O3S/c1-26(2,3)36(34)32-24(27(28,29)30)23(25(33)35-21-17-11-6-12-18-21)31-22(19-13-7-4-8-14-19)20-15-9-5-10-16-20/h4-18,23-24,32H,1-3H3/t23-,24-,36?/m0/s1. The van der Waals surface area contributed by atoms with Crippen molar-refractivity contribution in [2.24, 2.45) is 4.99 Å². The molecule has 0 aliphatic rings. The number of nitrogens with zero attached hydrogens (tertiary/aromatic N) is 1. The van der Waals surface area contributed by atoms with Gasteiger partial charge in [0.05, 0.1) is 21.4 Å². The van der Waals surface area contributed by atoms with Crippen molar-refractivity contribution in [3.8, 4) is 5.75 Å². The number of ether oxygens (including phenoxy) is 1. The molecular formula is C27H27F3N2O3S. The molecule has 1 N–H and O–H groups in total. The third-order valence-corrected chi connectivity index (χ3v) is 6.60. The SMILES string of the molecule is CC(C)(C)S(=O)N[C@@H]([C@H](N=C(c1ccccc1)c1ccccc1)C(=O)Oc1ccccc1)C(F)(F)F. The van der Waals surface area contributed by atoms with E-state index in [0.717, 1.165) is 0 Å². The van der Waals surface area contributed by atoms with Crippen LogP contribution in [0.3, 0.4) is 0 Å². The van der Waals surface area contributed by atoms with Gasteiger partial charge in [0.1, 0.15) is 11.8 Å². The number of rotatable bonds is 8. The van der Waals surface area contributed by atoms with E-state index in [1.807, 2.05) is 0 Å². The third kappa shape index (κ3) is 7.35. The van der Waals surface area contributed by atoms with E-state index in [1.165, 1.54) is 32.9 Å². The lowest BCUT2D eigenvalue weighted by Crippen LogP contribution is -2.56. The minimum atomic E-state index is -4.97. The number of carbonyl (C=O) groups is 1. The Kier molecular flexibility index (Phi) is 8.81. The van der Waals surface area contributed by atoms with E-state index in [4.69, 9.17) is 4.74 Å². The smallest absolute Gasteiger partial charge is 0.407 e. The molecule has 0 heterocycles. The van der Waals surface area contributed by atoms with Crippen molar-refractivity contribution < 1.29 is 26.9 Å². The molecule has 0 amide bonds. The molecule has 3 aromatic rings. The summed E-state index contributed by atoms with van der Waals surface area (Å²) in [5.41, 5.74) is 1.20. The number of esters is 1. The number of nitrogens with one attached hydrogen (secondary N) is 1. The molecule has 36 heavy (non-hydrogen) atoms. The second-order valence-corrected chi connectivity index (χ2v) is 10.9. The molecule has 9 heteroatoms. The average Bonchev–Trinajstić information content (AvgIpc) is 2.84. The number of benzene rings is 3. The van der Waals surface area contributed by atoms with E-state index in [1.54, 1.807) is 78.9 Å². The van der Waals surface area contributed by atoms with Crippen molar-refractivity contribution in [1.82, 2.24) is 4.72 Å². The first-order valence-electron chi connectivity index (χ1n) is 11.2. The van der Waals surface area contributed by atoms with Gasteiger partial charge in [0.15, 0.2) is 6.04 Å². The molecule has 1 unspecified atom stereocenters. The van der Waals surface area contributed by atoms with E-state index in [9.17, 15) is 22.2 Å². The minimum Gasteiger partial charge on any atom is -0.425 e. The topological polar surface area (TPSA) is 67.8 Å². The fourth-order valence-corrected chi connectivity index (χ4v) is 4.02. The van der Waals surface area contributed by atoms with Gasteiger partial charge in [-0.3, -0.25) is 4.99 Å².